The van der Waals surface area contributed by atoms with Crippen LogP contribution in [0.15, 0.2) is 41.8 Å². The Morgan fingerprint density at radius 2 is 2.10 bits per heavy atom. The summed E-state index contributed by atoms with van der Waals surface area (Å²) in [5, 5.41) is 1.97. The summed E-state index contributed by atoms with van der Waals surface area (Å²) in [6.07, 6.45) is 0.993. The Hall–Kier alpha value is -1.81. The number of nitrogens with zero attached hydrogens (tertiary/aromatic N) is 1. The molecule has 2 heterocycles. The van der Waals surface area contributed by atoms with Gasteiger partial charge >= 0.3 is 0 Å². The summed E-state index contributed by atoms with van der Waals surface area (Å²) in [7, 11) is 0. The van der Waals surface area contributed by atoms with Crippen LogP contribution in [0, 0.1) is 6.92 Å². The third kappa shape index (κ3) is 2.70. The van der Waals surface area contributed by atoms with Crippen LogP contribution in [-0.4, -0.2) is 30.0 Å². The van der Waals surface area contributed by atoms with Gasteiger partial charge < -0.3 is 9.64 Å². The van der Waals surface area contributed by atoms with Crippen LogP contribution in [0.3, 0.4) is 0 Å². The molecule has 0 saturated carbocycles. The molecule has 1 aliphatic rings. The number of thiophene rings is 1. The van der Waals surface area contributed by atoms with Gasteiger partial charge in [0.1, 0.15) is 11.9 Å². The van der Waals surface area contributed by atoms with Gasteiger partial charge in [-0.15, -0.1) is 11.3 Å². The average Bonchev–Trinajstić information content (AvgIpc) is 3.08. The largest absolute Gasteiger partial charge is 0.489 e. The van der Waals surface area contributed by atoms with Crippen molar-refractivity contribution in [2.75, 3.05) is 13.1 Å². The van der Waals surface area contributed by atoms with Crippen molar-refractivity contribution in [2.24, 2.45) is 0 Å². The molecule has 3 rings (SSSR count). The van der Waals surface area contributed by atoms with Crippen molar-refractivity contribution in [1.82, 2.24) is 4.90 Å². The number of carbonyl (C=O) groups excluding carboxylic acids is 1. The van der Waals surface area contributed by atoms with E-state index in [4.69, 9.17) is 4.74 Å². The number of para-hydroxylation sites is 1. The van der Waals surface area contributed by atoms with Crippen molar-refractivity contribution in [3.8, 4) is 5.75 Å². The zero-order chi connectivity index (χ0) is 13.9. The molecular formula is C16H17NO2S. The summed E-state index contributed by atoms with van der Waals surface area (Å²) < 4.78 is 5.91. The number of carbonyl (C=O) groups is 1. The van der Waals surface area contributed by atoms with E-state index in [-0.39, 0.29) is 12.0 Å². The monoisotopic (exact) mass is 287 g/mol. The van der Waals surface area contributed by atoms with Gasteiger partial charge in [0.15, 0.2) is 0 Å². The van der Waals surface area contributed by atoms with Crippen LogP contribution in [0.25, 0.3) is 0 Å². The number of aryl methyl sites for hydroxylation is 1. The third-order valence-corrected chi connectivity index (χ3v) is 4.54. The number of likely N-dealkylation sites (tertiary alicyclic amines) is 1. The molecule has 1 amide bonds. The topological polar surface area (TPSA) is 29.5 Å². The average molecular weight is 287 g/mol. The van der Waals surface area contributed by atoms with Crippen LogP contribution in [0.4, 0.5) is 0 Å². The molecule has 4 heteroatoms. The van der Waals surface area contributed by atoms with Gasteiger partial charge in [-0.1, -0.05) is 18.2 Å². The van der Waals surface area contributed by atoms with E-state index >= 15 is 0 Å². The Morgan fingerprint density at radius 3 is 2.80 bits per heavy atom. The highest BCUT2D eigenvalue weighted by Crippen LogP contribution is 2.23. The Balaban J connectivity index is 1.62. The molecule has 0 spiro atoms. The summed E-state index contributed by atoms with van der Waals surface area (Å²) in [6.45, 7) is 3.43. The maximum atomic E-state index is 12.4. The molecule has 1 atom stereocenters. The molecule has 1 aliphatic heterocycles. The molecule has 1 aromatic heterocycles. The fraction of sp³-hybridized carbons (Fsp3) is 0.312. The minimum atomic E-state index is 0.0987. The van der Waals surface area contributed by atoms with E-state index in [0.717, 1.165) is 29.2 Å². The molecule has 1 saturated heterocycles. The van der Waals surface area contributed by atoms with E-state index in [0.29, 0.717) is 6.54 Å². The molecule has 1 unspecified atom stereocenters. The van der Waals surface area contributed by atoms with Gasteiger partial charge in [0.2, 0.25) is 0 Å². The molecular weight excluding hydrogens is 270 g/mol. The summed E-state index contributed by atoms with van der Waals surface area (Å²) in [5.74, 6) is 1.01. The maximum Gasteiger partial charge on any atom is 0.264 e. The standard InChI is InChI=1S/C16H17NO2S/c1-12-8-10-20-15(12)16(18)17-9-7-14(11-17)19-13-5-3-2-4-6-13/h2-6,8,10,14H,7,9,11H2,1H3. The minimum absolute atomic E-state index is 0.0987. The Kier molecular flexibility index (Phi) is 3.74. The molecule has 3 nitrogen and oxygen atoms in total. The van der Waals surface area contributed by atoms with Crippen molar-refractivity contribution < 1.29 is 9.53 Å². The first kappa shape index (κ1) is 13.2. The van der Waals surface area contributed by atoms with Gasteiger partial charge in [-0.25, -0.2) is 0 Å². The maximum absolute atomic E-state index is 12.4. The van der Waals surface area contributed by atoms with Gasteiger partial charge in [-0.2, -0.15) is 0 Å². The zero-order valence-electron chi connectivity index (χ0n) is 11.4. The SMILES string of the molecule is Cc1ccsc1C(=O)N1CCC(Oc2ccccc2)C1. The van der Waals surface area contributed by atoms with Crippen LogP contribution in [-0.2, 0) is 0 Å². The summed E-state index contributed by atoms with van der Waals surface area (Å²) in [6, 6.07) is 11.8. The molecule has 0 bridgehead atoms. The molecule has 0 radical (unpaired) electrons. The lowest BCUT2D eigenvalue weighted by Crippen LogP contribution is -2.30. The van der Waals surface area contributed by atoms with Gasteiger partial charge in [0.05, 0.1) is 11.4 Å². The highest BCUT2D eigenvalue weighted by molar-refractivity contribution is 7.12. The smallest absolute Gasteiger partial charge is 0.264 e. The second kappa shape index (κ2) is 5.67. The van der Waals surface area contributed by atoms with E-state index in [2.05, 4.69) is 0 Å². The second-order valence-corrected chi connectivity index (χ2v) is 5.94. The first-order valence-electron chi connectivity index (χ1n) is 6.79. The second-order valence-electron chi connectivity index (χ2n) is 5.03. The van der Waals surface area contributed by atoms with E-state index in [1.165, 1.54) is 11.3 Å². The van der Waals surface area contributed by atoms with Crippen molar-refractivity contribution in [3.63, 3.8) is 0 Å². The lowest BCUT2D eigenvalue weighted by Gasteiger charge is -2.17. The predicted molar refractivity (Wildman–Crippen MR) is 80.4 cm³/mol. The number of hydrogen-bond acceptors (Lipinski definition) is 3. The molecule has 1 aromatic carbocycles. The Morgan fingerprint density at radius 1 is 1.30 bits per heavy atom. The Bertz CT molecular complexity index is 594. The van der Waals surface area contributed by atoms with Crippen molar-refractivity contribution in [1.29, 1.82) is 0 Å². The molecule has 104 valence electrons. The van der Waals surface area contributed by atoms with E-state index < -0.39 is 0 Å². The van der Waals surface area contributed by atoms with Crippen molar-refractivity contribution in [2.45, 2.75) is 19.4 Å². The molecule has 0 N–H and O–H groups in total. The normalized spacial score (nSPS) is 18.2. The van der Waals surface area contributed by atoms with Crippen molar-refractivity contribution in [3.05, 3.63) is 52.2 Å². The summed E-state index contributed by atoms with van der Waals surface area (Å²) in [4.78, 5) is 15.2. The fourth-order valence-electron chi connectivity index (χ4n) is 2.44. The Labute approximate surface area is 122 Å². The highest BCUT2D eigenvalue weighted by Gasteiger charge is 2.29. The number of benzene rings is 1. The molecule has 20 heavy (non-hydrogen) atoms. The third-order valence-electron chi connectivity index (χ3n) is 3.53. The lowest BCUT2D eigenvalue weighted by molar-refractivity contribution is 0.0776. The highest BCUT2D eigenvalue weighted by atomic mass is 32.1. The molecule has 0 aliphatic carbocycles. The van der Waals surface area contributed by atoms with E-state index in [1.807, 2.05) is 53.6 Å². The number of amides is 1. The van der Waals surface area contributed by atoms with Crippen LogP contribution < -0.4 is 4.74 Å². The number of rotatable bonds is 3. The van der Waals surface area contributed by atoms with Crippen LogP contribution in [0.5, 0.6) is 5.75 Å². The number of hydrogen-bond donors (Lipinski definition) is 0. The van der Waals surface area contributed by atoms with Gasteiger partial charge in [-0.05, 0) is 36.1 Å². The van der Waals surface area contributed by atoms with E-state index in [1.54, 1.807) is 0 Å². The van der Waals surface area contributed by atoms with Crippen LogP contribution >= 0.6 is 11.3 Å². The number of ether oxygens (including phenoxy) is 1. The zero-order valence-corrected chi connectivity index (χ0v) is 12.2. The first-order chi connectivity index (χ1) is 9.74. The van der Waals surface area contributed by atoms with Gasteiger partial charge in [-0.3, -0.25) is 4.79 Å². The van der Waals surface area contributed by atoms with Crippen molar-refractivity contribution >= 4 is 17.2 Å². The van der Waals surface area contributed by atoms with Crippen LogP contribution in [0.1, 0.15) is 21.7 Å². The molecule has 1 fully saturated rings. The lowest BCUT2D eigenvalue weighted by atomic mass is 10.3. The summed E-state index contributed by atoms with van der Waals surface area (Å²) >= 11 is 1.52. The van der Waals surface area contributed by atoms with Crippen LogP contribution in [0.2, 0.25) is 0 Å². The van der Waals surface area contributed by atoms with Gasteiger partial charge in [0, 0.05) is 13.0 Å². The molecule has 2 aromatic rings. The fourth-order valence-corrected chi connectivity index (χ4v) is 3.33. The van der Waals surface area contributed by atoms with E-state index in [9.17, 15) is 4.79 Å². The first-order valence-corrected chi connectivity index (χ1v) is 7.67. The minimum Gasteiger partial charge on any atom is -0.489 e. The summed E-state index contributed by atoms with van der Waals surface area (Å²) in [5.41, 5.74) is 1.06. The van der Waals surface area contributed by atoms with Gasteiger partial charge in [0.25, 0.3) is 5.91 Å². The predicted octanol–water partition coefficient (Wildman–Crippen LogP) is 3.35. The quantitative estimate of drug-likeness (QED) is 0.866.